The van der Waals surface area contributed by atoms with Crippen molar-refractivity contribution in [1.82, 2.24) is 0 Å². The lowest BCUT2D eigenvalue weighted by Gasteiger charge is -2.18. The number of carbonyl (C=O) groups excluding carboxylic acids is 4. The third-order valence-electron chi connectivity index (χ3n) is 12.4. The molecule has 1 aliphatic rings. The van der Waals surface area contributed by atoms with E-state index in [4.69, 9.17) is 28.4 Å². The molecule has 1 aromatic rings. The summed E-state index contributed by atoms with van der Waals surface area (Å²) < 4.78 is 32.9. The molecule has 1 aliphatic heterocycles. The summed E-state index contributed by atoms with van der Waals surface area (Å²) in [5.41, 5.74) is 2.91. The Bertz CT molecular complexity index is 1440. The zero-order valence-corrected chi connectivity index (χ0v) is 40.9. The van der Waals surface area contributed by atoms with E-state index in [0.717, 1.165) is 49.7 Å². The Hall–Kier alpha value is -3.60. The second-order valence-corrected chi connectivity index (χ2v) is 17.9. The number of aromatic hydroxyl groups is 1. The molecule has 2 rings (SSSR count). The fourth-order valence-electron chi connectivity index (χ4n) is 8.21. The van der Waals surface area contributed by atoms with E-state index >= 15 is 0 Å². The molecule has 0 saturated heterocycles. The molecule has 0 aliphatic carbocycles. The predicted octanol–water partition coefficient (Wildman–Crippen LogP) is 13.6. The van der Waals surface area contributed by atoms with Crippen LogP contribution in [-0.2, 0) is 51.1 Å². The van der Waals surface area contributed by atoms with Crippen molar-refractivity contribution in [3.8, 4) is 11.5 Å². The topological polar surface area (TPSA) is 144 Å². The van der Waals surface area contributed by atoms with E-state index in [1.807, 2.05) is 19.9 Å². The van der Waals surface area contributed by atoms with Gasteiger partial charge in [0.2, 0.25) is 0 Å². The highest BCUT2D eigenvalue weighted by Gasteiger charge is 2.32. The van der Waals surface area contributed by atoms with Gasteiger partial charge in [-0.1, -0.05) is 180 Å². The van der Waals surface area contributed by atoms with Gasteiger partial charge in [0, 0.05) is 30.4 Å². The lowest BCUT2D eigenvalue weighted by molar-refractivity contribution is -0.175. The Morgan fingerprint density at radius 3 is 1.48 bits per heavy atom. The molecule has 0 bridgehead atoms. The first kappa shape index (κ1) is 56.5. The maximum atomic E-state index is 12.7. The van der Waals surface area contributed by atoms with Gasteiger partial charge in [-0.25, -0.2) is 4.79 Å². The molecule has 0 radical (unpaired) electrons. The van der Waals surface area contributed by atoms with Crippen molar-refractivity contribution >= 4 is 23.9 Å². The van der Waals surface area contributed by atoms with Gasteiger partial charge in [0.15, 0.2) is 6.79 Å². The zero-order chi connectivity index (χ0) is 46.6. The highest BCUT2D eigenvalue weighted by molar-refractivity contribution is 5.98. The molecular weight excluding hydrogens is 813 g/mol. The molecule has 11 nitrogen and oxygen atoms in total. The number of allylic oxidation sites excluding steroid dienone is 2. The largest absolute Gasteiger partial charge is 0.507 e. The number of ether oxygens (including phenoxy) is 6. The van der Waals surface area contributed by atoms with Crippen LogP contribution in [0.2, 0.25) is 0 Å². The number of fused-ring (bicyclic) bond motifs is 1. The monoisotopic (exact) mass is 901 g/mol. The second kappa shape index (κ2) is 36.6. The highest BCUT2D eigenvalue weighted by Crippen LogP contribution is 2.42. The van der Waals surface area contributed by atoms with E-state index in [1.165, 1.54) is 136 Å². The molecule has 1 aromatic carbocycles. The molecule has 0 atom stereocenters. The summed E-state index contributed by atoms with van der Waals surface area (Å²) in [6.07, 6.45) is 34.3. The molecule has 0 amide bonds. The quantitative estimate of drug-likeness (QED) is 0.0220. The summed E-state index contributed by atoms with van der Waals surface area (Å²) in [5.74, 6) is -1.34. The first-order valence-electron chi connectivity index (χ1n) is 25.4. The van der Waals surface area contributed by atoms with Gasteiger partial charge in [-0.3, -0.25) is 14.4 Å². The normalized spacial score (nSPS) is 12.4. The number of esters is 4. The Morgan fingerprint density at radius 1 is 0.625 bits per heavy atom. The van der Waals surface area contributed by atoms with E-state index in [0.29, 0.717) is 36.1 Å². The molecule has 64 heavy (non-hydrogen) atoms. The molecule has 0 unspecified atom stereocenters. The summed E-state index contributed by atoms with van der Waals surface area (Å²) in [4.78, 5) is 50.2. The van der Waals surface area contributed by atoms with E-state index in [-0.39, 0.29) is 62.7 Å². The number of rotatable bonds is 41. The highest BCUT2D eigenvalue weighted by atomic mass is 16.7. The van der Waals surface area contributed by atoms with Crippen molar-refractivity contribution in [2.75, 3.05) is 27.1 Å². The Balaban J connectivity index is 1.74. The van der Waals surface area contributed by atoms with E-state index in [2.05, 4.69) is 13.8 Å². The minimum Gasteiger partial charge on any atom is -0.507 e. The third kappa shape index (κ3) is 25.2. The van der Waals surface area contributed by atoms with Crippen molar-refractivity contribution in [2.45, 2.75) is 239 Å². The van der Waals surface area contributed by atoms with Gasteiger partial charge in [-0.15, -0.1) is 0 Å². The lowest BCUT2D eigenvalue weighted by Crippen LogP contribution is -2.30. The van der Waals surface area contributed by atoms with Gasteiger partial charge in [0.05, 0.1) is 7.11 Å². The van der Waals surface area contributed by atoms with Crippen LogP contribution in [0.1, 0.15) is 240 Å². The number of unbranched alkanes of at least 4 members (excludes halogenated alkanes) is 24. The van der Waals surface area contributed by atoms with E-state index < -0.39 is 18.0 Å². The molecule has 0 fully saturated rings. The van der Waals surface area contributed by atoms with Crippen molar-refractivity contribution in [3.63, 3.8) is 0 Å². The summed E-state index contributed by atoms with van der Waals surface area (Å²) in [5, 5.41) is 10.9. The van der Waals surface area contributed by atoms with Crippen molar-refractivity contribution in [1.29, 1.82) is 0 Å². The van der Waals surface area contributed by atoms with Gasteiger partial charge in [-0.05, 0) is 45.1 Å². The number of phenolic OH excluding ortho intramolecular Hbond substituents is 1. The van der Waals surface area contributed by atoms with Crippen molar-refractivity contribution in [2.24, 2.45) is 0 Å². The number of cyclic esters (lactones) is 1. The smallest absolute Gasteiger partial charge is 0.342 e. The van der Waals surface area contributed by atoms with Crippen LogP contribution in [0.15, 0.2) is 11.6 Å². The molecule has 1 N–H and O–H groups in total. The minimum atomic E-state index is -0.781. The summed E-state index contributed by atoms with van der Waals surface area (Å²) in [6.45, 7) is 7.70. The predicted molar refractivity (Wildman–Crippen MR) is 254 cm³/mol. The van der Waals surface area contributed by atoms with Crippen LogP contribution in [0.4, 0.5) is 0 Å². The number of phenols is 1. The SMILES string of the molecule is CCCCCCCCCCCCCCCC(=O)OCC(COC(=O)CCCCCCCCCCCCCCC)OCOC(=O)CC/C(C)=C/Cc1c(O)c2c(c(C)c1OC)COC2=O. The fraction of sp³-hybridized carbons (Fsp3) is 0.774. The van der Waals surface area contributed by atoms with Crippen LogP contribution in [0.25, 0.3) is 0 Å². The molecule has 0 saturated carbocycles. The van der Waals surface area contributed by atoms with E-state index in [9.17, 15) is 24.3 Å². The average Bonchev–Trinajstić information content (AvgIpc) is 3.69. The van der Waals surface area contributed by atoms with Crippen molar-refractivity contribution in [3.05, 3.63) is 33.9 Å². The lowest BCUT2D eigenvalue weighted by atomic mass is 9.94. The van der Waals surface area contributed by atoms with E-state index in [1.54, 1.807) is 0 Å². The summed E-state index contributed by atoms with van der Waals surface area (Å²) in [6, 6.07) is 0. The Labute approximate surface area is 387 Å². The third-order valence-corrected chi connectivity index (χ3v) is 12.4. The zero-order valence-electron chi connectivity index (χ0n) is 40.9. The molecule has 11 heteroatoms. The van der Waals surface area contributed by atoms with Crippen LogP contribution in [0.5, 0.6) is 11.5 Å². The van der Waals surface area contributed by atoms with Gasteiger partial charge in [0.25, 0.3) is 0 Å². The number of benzene rings is 1. The van der Waals surface area contributed by atoms with Crippen LogP contribution < -0.4 is 4.74 Å². The van der Waals surface area contributed by atoms with Crippen LogP contribution in [0.3, 0.4) is 0 Å². The first-order chi connectivity index (χ1) is 31.1. The number of hydrogen-bond acceptors (Lipinski definition) is 11. The summed E-state index contributed by atoms with van der Waals surface area (Å²) >= 11 is 0. The average molecular weight is 901 g/mol. The van der Waals surface area contributed by atoms with Crippen LogP contribution in [-0.4, -0.2) is 62.2 Å². The molecule has 0 aromatic heterocycles. The minimum absolute atomic E-state index is 0.0806. The number of methoxy groups -OCH3 is 1. The van der Waals surface area contributed by atoms with Gasteiger partial charge in [-0.2, -0.15) is 0 Å². The molecule has 366 valence electrons. The second-order valence-electron chi connectivity index (χ2n) is 17.9. The number of hydrogen-bond donors (Lipinski definition) is 1. The number of carbonyl (C=O) groups is 4. The van der Waals surface area contributed by atoms with Crippen LogP contribution in [0, 0.1) is 6.92 Å². The van der Waals surface area contributed by atoms with Crippen molar-refractivity contribution < 1.29 is 52.7 Å². The summed E-state index contributed by atoms with van der Waals surface area (Å²) in [7, 11) is 1.52. The first-order valence-corrected chi connectivity index (χ1v) is 25.4. The molecular formula is C53H88O11. The fourth-order valence-corrected chi connectivity index (χ4v) is 8.21. The Morgan fingerprint density at radius 2 is 1.05 bits per heavy atom. The Kier molecular flexibility index (Phi) is 32.3. The van der Waals surface area contributed by atoms with Crippen LogP contribution >= 0.6 is 0 Å². The maximum absolute atomic E-state index is 12.7. The maximum Gasteiger partial charge on any atom is 0.342 e. The van der Waals surface area contributed by atoms with Gasteiger partial charge in [0.1, 0.15) is 43.0 Å². The molecule has 1 heterocycles. The standard InChI is InChI=1S/C53H88O11/c1-6-8-10-12-14-16-18-20-22-24-26-28-30-32-47(54)60-38-44(39-61-48(55)33-31-29-27-25-23-21-19-17-15-13-11-9-7-2)63-41-64-49(56)37-35-42(3)34-36-45-51(57)50-46(40-62-53(50)58)43(4)52(45)59-5/h34,44,57H,6-33,35-41H2,1-5H3/b42-34+. The van der Waals surface area contributed by atoms with Gasteiger partial charge >= 0.3 is 23.9 Å². The van der Waals surface area contributed by atoms with Gasteiger partial charge < -0.3 is 33.5 Å². The molecule has 0 spiro atoms.